The third kappa shape index (κ3) is 9.88. The number of pyridine rings is 1. The molecule has 5 atom stereocenters. The van der Waals surface area contributed by atoms with Crippen molar-refractivity contribution in [2.45, 2.75) is 82.3 Å². The van der Waals surface area contributed by atoms with Gasteiger partial charge in [0.1, 0.15) is 29.8 Å². The number of carbonyl (C=O) groups is 4. The summed E-state index contributed by atoms with van der Waals surface area (Å²) in [4.78, 5) is 77.6. The first-order valence-electron chi connectivity index (χ1n) is 22.9. The van der Waals surface area contributed by atoms with Crippen LogP contribution in [0.15, 0.2) is 97.3 Å². The minimum Gasteiger partial charge on any atom is -0.453 e. The van der Waals surface area contributed by atoms with E-state index in [1.54, 1.807) is 22.2 Å². The Morgan fingerprint density at radius 1 is 0.776 bits per heavy atom. The molecule has 17 heteroatoms. The van der Waals surface area contributed by atoms with Crippen LogP contribution in [0.4, 0.5) is 9.59 Å². The number of aliphatic hydroxyl groups is 1. The van der Waals surface area contributed by atoms with Crippen LogP contribution in [0.1, 0.15) is 81.3 Å². The SMILES string of the molecule is COC(=O)NC(C(=O)N1CC(O)CC1c1ncc(-c2ccc(-c3ccc4cc(-c5cnc(C6CCCN6C(=O)C(NC(=O)OC6CCOCC6)c6ccccc6)[nH]5)ccc4n3)cc2)[nH]1)C(C)C. The van der Waals surface area contributed by atoms with E-state index in [-0.39, 0.29) is 36.4 Å². The molecule has 6 heterocycles. The number of ether oxygens (including phenoxy) is 3. The first-order valence-corrected chi connectivity index (χ1v) is 22.9. The Hall–Kier alpha value is -7.11. The normalized spacial score (nSPS) is 19.6. The second-order valence-corrected chi connectivity index (χ2v) is 17.7. The third-order valence-corrected chi connectivity index (χ3v) is 12.9. The number of carbonyl (C=O) groups excluding carboxylic acids is 4. The quantitative estimate of drug-likeness (QED) is 0.0842. The molecule has 3 aliphatic rings. The Morgan fingerprint density at radius 2 is 1.46 bits per heavy atom. The van der Waals surface area contributed by atoms with Gasteiger partial charge in [-0.2, -0.15) is 0 Å². The first kappa shape index (κ1) is 45.1. The highest BCUT2D eigenvalue weighted by Crippen LogP contribution is 2.36. The molecular weight excluding hydrogens is 855 g/mol. The lowest BCUT2D eigenvalue weighted by atomic mass is 10.0. The molecule has 3 aliphatic heterocycles. The van der Waals surface area contributed by atoms with Crippen LogP contribution in [0.2, 0.25) is 0 Å². The second-order valence-electron chi connectivity index (χ2n) is 17.7. The standard InChI is InChI=1S/C50H55N9O8/c1-29(2)43(56-49(63)65-3)47(61)59-28-35(60)25-42(59)46-52-26-39(54-46)31-13-11-30(12-14-31)37-17-15-33-24-34(16-18-38(33)53-37)40-27-51-45(55-40)41-10-7-21-58(41)48(62)44(32-8-5-4-6-9-32)57-50(64)67-36-19-22-66-23-20-36/h4-6,8-9,11-18,24,26-27,29,35-36,41-44,60H,7,10,19-23,25,28H2,1-3H3,(H,51,55)(H,52,54)(H,56,63)(H,57,64). The average Bonchev–Trinajstić information content (AvgIpc) is 4.20. The zero-order valence-corrected chi connectivity index (χ0v) is 37.7. The van der Waals surface area contributed by atoms with Crippen molar-refractivity contribution in [3.05, 3.63) is 115 Å². The van der Waals surface area contributed by atoms with Crippen LogP contribution in [-0.2, 0) is 23.8 Å². The number of aromatic amines is 2. The number of benzene rings is 3. The van der Waals surface area contributed by atoms with Crippen molar-refractivity contribution in [3.63, 3.8) is 0 Å². The molecule has 3 aromatic carbocycles. The number of likely N-dealkylation sites (tertiary alicyclic amines) is 2. The second kappa shape index (κ2) is 19.8. The van der Waals surface area contributed by atoms with Crippen LogP contribution in [0.5, 0.6) is 0 Å². The summed E-state index contributed by atoms with van der Waals surface area (Å²) in [5.74, 6) is 0.497. The van der Waals surface area contributed by atoms with E-state index in [0.717, 1.165) is 57.5 Å². The lowest BCUT2D eigenvalue weighted by Crippen LogP contribution is -2.51. The lowest BCUT2D eigenvalue weighted by molar-refractivity contribution is -0.136. The molecule has 0 radical (unpaired) electrons. The number of β-amino-alcohol motifs (C(OH)–C–C–N with tert-alkyl or cyclic N) is 1. The molecule has 0 spiro atoms. The van der Waals surface area contributed by atoms with Gasteiger partial charge in [-0.3, -0.25) is 9.59 Å². The summed E-state index contributed by atoms with van der Waals surface area (Å²) in [6.07, 6.45) is 4.29. The van der Waals surface area contributed by atoms with Crippen molar-refractivity contribution in [2.75, 3.05) is 33.4 Å². The number of amides is 4. The van der Waals surface area contributed by atoms with Crippen molar-refractivity contribution < 1.29 is 38.5 Å². The van der Waals surface area contributed by atoms with E-state index in [9.17, 15) is 24.3 Å². The van der Waals surface area contributed by atoms with Gasteiger partial charge in [0.25, 0.3) is 5.91 Å². The summed E-state index contributed by atoms with van der Waals surface area (Å²) in [6.45, 7) is 5.41. The Morgan fingerprint density at radius 3 is 2.18 bits per heavy atom. The maximum atomic E-state index is 14.3. The molecule has 348 valence electrons. The van der Waals surface area contributed by atoms with Gasteiger partial charge in [-0.25, -0.2) is 24.5 Å². The third-order valence-electron chi connectivity index (χ3n) is 12.9. The number of nitrogens with one attached hydrogen (secondary N) is 4. The molecule has 5 N–H and O–H groups in total. The largest absolute Gasteiger partial charge is 0.453 e. The Bertz CT molecular complexity index is 2720. The van der Waals surface area contributed by atoms with Gasteiger partial charge < -0.3 is 49.7 Å². The van der Waals surface area contributed by atoms with E-state index < -0.39 is 36.4 Å². The number of fused-ring (bicyclic) bond motifs is 1. The summed E-state index contributed by atoms with van der Waals surface area (Å²) in [5.41, 5.74) is 6.62. The predicted molar refractivity (Wildman–Crippen MR) is 248 cm³/mol. The maximum absolute atomic E-state index is 14.3. The van der Waals surface area contributed by atoms with Crippen LogP contribution in [0, 0.1) is 5.92 Å². The van der Waals surface area contributed by atoms with Crippen molar-refractivity contribution >= 4 is 34.9 Å². The van der Waals surface area contributed by atoms with Crippen molar-refractivity contribution in [1.29, 1.82) is 0 Å². The topological polar surface area (TPSA) is 217 Å². The number of rotatable bonds is 12. The number of nitrogens with zero attached hydrogens (tertiary/aromatic N) is 5. The molecule has 5 unspecified atom stereocenters. The summed E-state index contributed by atoms with van der Waals surface area (Å²) < 4.78 is 15.8. The van der Waals surface area contributed by atoms with Gasteiger partial charge in [-0.15, -0.1) is 0 Å². The van der Waals surface area contributed by atoms with Crippen LogP contribution < -0.4 is 10.6 Å². The van der Waals surface area contributed by atoms with E-state index >= 15 is 0 Å². The van der Waals surface area contributed by atoms with Gasteiger partial charge >= 0.3 is 12.2 Å². The molecule has 3 aromatic heterocycles. The number of aliphatic hydroxyl groups excluding tert-OH is 1. The molecule has 9 rings (SSSR count). The molecular formula is C50H55N9O8. The molecule has 4 amide bonds. The van der Waals surface area contributed by atoms with Gasteiger partial charge in [0.2, 0.25) is 5.91 Å². The monoisotopic (exact) mass is 909 g/mol. The fraction of sp³-hybridized carbons (Fsp3) is 0.380. The van der Waals surface area contributed by atoms with E-state index in [4.69, 9.17) is 24.2 Å². The highest BCUT2D eigenvalue weighted by atomic mass is 16.6. The number of H-pyrrole nitrogens is 2. The summed E-state index contributed by atoms with van der Waals surface area (Å²) in [7, 11) is 1.25. The van der Waals surface area contributed by atoms with Gasteiger partial charge in [0.05, 0.1) is 73.5 Å². The predicted octanol–water partition coefficient (Wildman–Crippen LogP) is 7.01. The van der Waals surface area contributed by atoms with Crippen molar-refractivity contribution in [2.24, 2.45) is 5.92 Å². The first-order chi connectivity index (χ1) is 32.5. The van der Waals surface area contributed by atoms with Crippen molar-refractivity contribution in [1.82, 2.24) is 45.4 Å². The Balaban J connectivity index is 0.865. The highest BCUT2D eigenvalue weighted by Gasteiger charge is 2.41. The number of alkyl carbamates (subject to hydrolysis) is 2. The number of imidazole rings is 2. The van der Waals surface area contributed by atoms with Gasteiger partial charge in [-0.1, -0.05) is 80.6 Å². The summed E-state index contributed by atoms with van der Waals surface area (Å²) in [6, 6.07) is 24.8. The van der Waals surface area contributed by atoms with Gasteiger partial charge in [0, 0.05) is 48.9 Å². The minimum absolute atomic E-state index is 0.127. The molecule has 0 bridgehead atoms. The van der Waals surface area contributed by atoms with Crippen LogP contribution in [-0.4, -0.2) is 115 Å². The zero-order chi connectivity index (χ0) is 46.6. The van der Waals surface area contributed by atoms with Crippen LogP contribution in [0.25, 0.3) is 44.7 Å². The molecule has 0 saturated carbocycles. The summed E-state index contributed by atoms with van der Waals surface area (Å²) in [5, 5.41) is 17.0. The Kier molecular flexibility index (Phi) is 13.3. The molecule has 67 heavy (non-hydrogen) atoms. The van der Waals surface area contributed by atoms with Gasteiger partial charge in [-0.05, 0) is 48.1 Å². The van der Waals surface area contributed by atoms with Crippen LogP contribution in [0.3, 0.4) is 0 Å². The van der Waals surface area contributed by atoms with Gasteiger partial charge in [0.15, 0.2) is 0 Å². The average molecular weight is 910 g/mol. The molecule has 6 aromatic rings. The van der Waals surface area contributed by atoms with E-state index in [0.29, 0.717) is 56.2 Å². The fourth-order valence-corrected chi connectivity index (χ4v) is 9.29. The minimum atomic E-state index is -0.919. The smallest absolute Gasteiger partial charge is 0.408 e. The lowest BCUT2D eigenvalue weighted by Gasteiger charge is -2.29. The fourth-order valence-electron chi connectivity index (χ4n) is 9.29. The summed E-state index contributed by atoms with van der Waals surface area (Å²) >= 11 is 0. The Labute approximate surface area is 387 Å². The molecule has 0 aliphatic carbocycles. The molecule has 3 saturated heterocycles. The number of aromatic nitrogens is 5. The van der Waals surface area contributed by atoms with E-state index in [1.165, 1.54) is 7.11 Å². The molecule has 17 nitrogen and oxygen atoms in total. The van der Waals surface area contributed by atoms with Crippen LogP contribution >= 0.6 is 0 Å². The van der Waals surface area contributed by atoms with E-state index in [2.05, 4.69) is 31.7 Å². The number of hydrogen-bond donors (Lipinski definition) is 5. The zero-order valence-electron chi connectivity index (χ0n) is 37.7. The highest BCUT2D eigenvalue weighted by molar-refractivity contribution is 5.89. The van der Waals surface area contributed by atoms with Crippen molar-refractivity contribution in [3.8, 4) is 33.8 Å². The number of methoxy groups -OCH3 is 1. The maximum Gasteiger partial charge on any atom is 0.408 e. The van der Waals surface area contributed by atoms with E-state index in [1.807, 2.05) is 92.7 Å². The molecule has 3 fully saturated rings. The number of hydrogen-bond acceptors (Lipinski definition) is 11.